The van der Waals surface area contributed by atoms with Gasteiger partial charge < -0.3 is 24.5 Å². The van der Waals surface area contributed by atoms with Crippen molar-refractivity contribution in [2.24, 2.45) is 5.84 Å². The fourth-order valence-corrected chi connectivity index (χ4v) is 14.2. The standard InChI is InChI=1S/C26H22ClN5O.C19H14BrClFN5O2.C17H11BrClFN5.C15H13BrClN5/c1-31(21-4-2-3-19(13-21)18-9-7-17(8-10-18)16-5-6-16)25-22-12-11-20(27)14-23(22)32-24(15-33)29-30-26(32)28-25;1-26(13-4-2-3-11(20)7-13)18-14-6-5-12(21)8-15(14)27-16(10-29-17(28)9-22)24-25-19(27)23-18;1-24(12-4-2-3-10(18)7-12)16-13-6-5-11(19)8-14(13)25-15(9-20)22-23-17(25)21-16;1-22(11-4-2-3-9(16)7-11)14-12-6-5-10(17)8-13(12)19-15(20-14)21-18/h2-4,7-14,16,33H,5-6,15H2,1H3;2-8H,9-10H2,1H3;2-9H,1H3;2-8H,18H2,1H3,(H,19,20,21)/q;;+1;. The smallest absolute Gasteiger partial charge is 0.370 e. The van der Waals surface area contributed by atoms with Crippen LogP contribution >= 0.6 is 94.2 Å². The first kappa shape index (κ1) is 75.3. The summed E-state index contributed by atoms with van der Waals surface area (Å²) < 4.78 is 40.2. The van der Waals surface area contributed by atoms with Crippen LogP contribution in [0, 0.1) is 0 Å². The van der Waals surface area contributed by atoms with E-state index in [1.54, 1.807) is 43.5 Å². The van der Waals surface area contributed by atoms with Gasteiger partial charge in [0.2, 0.25) is 5.95 Å². The maximum absolute atomic E-state index is 13.2. The number of fused-ring (bicyclic) bond motifs is 10. The minimum atomic E-state index is -1.21. The number of benzene rings is 9. The van der Waals surface area contributed by atoms with Crippen molar-refractivity contribution in [1.29, 1.82) is 0 Å². The van der Waals surface area contributed by atoms with Gasteiger partial charge in [0.15, 0.2) is 30.4 Å². The van der Waals surface area contributed by atoms with Crippen LogP contribution in [0.1, 0.15) is 36.0 Å². The molecule has 548 valence electrons. The molecule has 0 bridgehead atoms. The Balaban J connectivity index is 0.000000123. The SMILES string of the molecule is CN(c1cccc(-c2ccc(C3CC3)cc2)c1)c1nc2nnc(CO)n2c2cc(Cl)ccc12.CN(c1cccc(Br)c1)c1nc(NN)nc2cc(Cl)ccc12.CN(c1cccc(Br)c1)c1nc2nnc(COC(=O)CF)n2c2cc(Cl)ccc12.C[N+](c1cccc(Br)c1)=c1nc2nnc(=CF)n2c2cc(Cl)ccc12. The molecule has 0 radical (unpaired) electrons. The van der Waals surface area contributed by atoms with Crippen LogP contribution in [0.15, 0.2) is 208 Å². The number of hydrazine groups is 1. The first-order valence-corrected chi connectivity index (χ1v) is 37.3. The number of nitrogen functional groups attached to an aromatic ring is 1. The van der Waals surface area contributed by atoms with E-state index in [1.165, 1.54) is 24.0 Å². The van der Waals surface area contributed by atoms with Crippen molar-refractivity contribution in [2.45, 2.75) is 32.0 Å². The highest BCUT2D eigenvalue weighted by atomic mass is 79.9. The van der Waals surface area contributed by atoms with E-state index in [2.05, 4.69) is 152 Å². The van der Waals surface area contributed by atoms with Crippen LogP contribution < -0.4 is 41.5 Å². The fraction of sp³-hybridized carbons (Fsp3) is 0.130. The summed E-state index contributed by atoms with van der Waals surface area (Å²) >= 11 is 35.2. The van der Waals surface area contributed by atoms with Crippen molar-refractivity contribution in [3.05, 3.63) is 256 Å². The predicted octanol–water partition coefficient (Wildman–Crippen LogP) is 17.2. The summed E-state index contributed by atoms with van der Waals surface area (Å²) in [6, 6.07) is 62.9. The number of hydrogen-bond acceptors (Lipinski definition) is 19. The molecule has 0 aliphatic heterocycles. The van der Waals surface area contributed by atoms with E-state index in [1.807, 2.05) is 163 Å². The Kier molecular flexibility index (Phi) is 22.6. The number of aliphatic hydroxyl groups is 1. The first-order chi connectivity index (χ1) is 52.8. The molecular weight excluding hydrogens is 1670 g/mol. The third-order valence-electron chi connectivity index (χ3n) is 17.9. The highest BCUT2D eigenvalue weighted by molar-refractivity contribution is 9.11. The Hall–Kier alpha value is -10.5. The number of halogens is 9. The number of alkyl halides is 1. The number of hydrogen-bond donors (Lipinski definition) is 3. The largest absolute Gasteiger partial charge is 0.455 e. The lowest BCUT2D eigenvalue weighted by molar-refractivity contribution is -0.146. The third-order valence-corrected chi connectivity index (χ3v) is 20.3. The van der Waals surface area contributed by atoms with E-state index in [4.69, 9.17) is 62.0 Å². The number of aliphatic hydroxyl groups excluding tert-OH is 1. The minimum absolute atomic E-state index is 0.0754. The molecule has 0 spiro atoms. The number of carbonyl (C=O) groups excluding carboxylic acids is 1. The highest BCUT2D eigenvalue weighted by Gasteiger charge is 2.25. The van der Waals surface area contributed by atoms with Crippen LogP contribution in [0.25, 0.3) is 78.4 Å². The van der Waals surface area contributed by atoms with Gasteiger partial charge >= 0.3 is 17.2 Å². The van der Waals surface area contributed by atoms with Crippen molar-refractivity contribution in [3.8, 4) is 11.1 Å². The molecular formula is C77H60Br3Cl4F2N20O3+. The fourth-order valence-electron chi connectivity index (χ4n) is 12.4. The zero-order valence-electron chi connectivity index (χ0n) is 58.0. The minimum Gasteiger partial charge on any atom is -0.455 e. The summed E-state index contributed by atoms with van der Waals surface area (Å²) in [5.41, 5.74) is 13.8. The molecule has 0 amide bonds. The molecule has 7 aromatic heterocycles. The van der Waals surface area contributed by atoms with E-state index in [9.17, 15) is 18.7 Å². The van der Waals surface area contributed by atoms with Gasteiger partial charge in [-0.3, -0.25) is 14.2 Å². The van der Waals surface area contributed by atoms with E-state index in [0.29, 0.717) is 83.7 Å². The molecule has 17 rings (SSSR count). The van der Waals surface area contributed by atoms with Crippen LogP contribution in [0.4, 0.5) is 54.9 Å². The maximum Gasteiger partial charge on any atom is 0.370 e. The molecule has 0 unspecified atom stereocenters. The Morgan fingerprint density at radius 1 is 0.560 bits per heavy atom. The van der Waals surface area contributed by atoms with E-state index < -0.39 is 12.6 Å². The quantitative estimate of drug-likeness (QED) is 0.0396. The lowest BCUT2D eigenvalue weighted by atomic mass is 10.0. The van der Waals surface area contributed by atoms with Crippen LogP contribution in [-0.2, 0) is 22.7 Å². The van der Waals surface area contributed by atoms with Gasteiger partial charge in [-0.15, -0.1) is 25.5 Å². The molecule has 1 aliphatic rings. The number of esters is 1. The van der Waals surface area contributed by atoms with Gasteiger partial charge in [0.25, 0.3) is 11.6 Å². The summed E-state index contributed by atoms with van der Waals surface area (Å²) in [6.07, 6.45) is 3.02. The number of aromatic nitrogens is 14. The number of nitrogens with one attached hydrogen (secondary N) is 1. The number of ether oxygens (including phenoxy) is 1. The van der Waals surface area contributed by atoms with E-state index in [-0.39, 0.29) is 18.7 Å². The number of carbonyl (C=O) groups is 1. The molecule has 7 heterocycles. The molecule has 109 heavy (non-hydrogen) atoms. The van der Waals surface area contributed by atoms with Gasteiger partial charge in [-0.2, -0.15) is 15.0 Å². The second-order valence-electron chi connectivity index (χ2n) is 24.8. The molecule has 0 atom stereocenters. The van der Waals surface area contributed by atoms with Gasteiger partial charge in [-0.25, -0.2) is 33.4 Å². The van der Waals surface area contributed by atoms with Crippen molar-refractivity contribution in [1.82, 2.24) is 73.3 Å². The van der Waals surface area contributed by atoms with Crippen molar-refractivity contribution >= 4 is 214 Å². The first-order valence-electron chi connectivity index (χ1n) is 33.4. The molecule has 4 N–H and O–H groups in total. The topological polar surface area (TPSA) is 252 Å². The predicted molar refractivity (Wildman–Crippen MR) is 436 cm³/mol. The van der Waals surface area contributed by atoms with Crippen molar-refractivity contribution in [2.75, 3.05) is 55.0 Å². The van der Waals surface area contributed by atoms with Crippen LogP contribution in [0.5, 0.6) is 0 Å². The number of nitrogens with zero attached hydrogens (tertiary/aromatic N) is 18. The van der Waals surface area contributed by atoms with Crippen molar-refractivity contribution < 1.29 is 23.4 Å². The molecule has 1 fully saturated rings. The highest BCUT2D eigenvalue weighted by Crippen LogP contribution is 2.42. The third kappa shape index (κ3) is 16.2. The zero-order chi connectivity index (χ0) is 76.3. The average molecular weight is 1730 g/mol. The van der Waals surface area contributed by atoms with Crippen LogP contribution in [0.2, 0.25) is 20.1 Å². The molecule has 1 saturated carbocycles. The second kappa shape index (κ2) is 32.7. The summed E-state index contributed by atoms with van der Waals surface area (Å²) in [4.78, 5) is 40.0. The van der Waals surface area contributed by atoms with Gasteiger partial charge in [0.05, 0.1) is 34.5 Å². The Labute approximate surface area is 664 Å². The van der Waals surface area contributed by atoms with Crippen LogP contribution in [-0.4, -0.2) is 115 Å². The second-order valence-corrected chi connectivity index (χ2v) is 29.3. The lowest BCUT2D eigenvalue weighted by Gasteiger charge is -2.21. The Bertz CT molecular complexity index is 6320. The van der Waals surface area contributed by atoms with E-state index >= 15 is 0 Å². The summed E-state index contributed by atoms with van der Waals surface area (Å²) in [6.45, 7) is -1.67. The number of anilines is 7. The van der Waals surface area contributed by atoms with Gasteiger partial charge in [0, 0.05) is 92.9 Å². The van der Waals surface area contributed by atoms with Crippen molar-refractivity contribution in [3.63, 3.8) is 0 Å². The Morgan fingerprint density at radius 3 is 1.59 bits per heavy atom. The summed E-state index contributed by atoms with van der Waals surface area (Å²) in [7, 11) is 7.74. The molecule has 9 aromatic carbocycles. The molecule has 23 nitrogen and oxygen atoms in total. The molecule has 32 heteroatoms. The zero-order valence-corrected chi connectivity index (χ0v) is 65.7. The summed E-state index contributed by atoms with van der Waals surface area (Å²) in [5, 5.41) is 39.6. The molecule has 0 saturated heterocycles. The number of nitrogens with two attached hydrogens (primary N) is 1. The lowest BCUT2D eigenvalue weighted by Crippen LogP contribution is -2.28. The van der Waals surface area contributed by atoms with Gasteiger partial charge in [0.1, 0.15) is 36.1 Å². The Morgan fingerprint density at radius 2 is 1.05 bits per heavy atom. The van der Waals surface area contributed by atoms with Gasteiger partial charge in [-0.1, -0.05) is 154 Å². The molecule has 1 aliphatic carbocycles. The normalized spacial score (nSPS) is 12.4. The monoisotopic (exact) mass is 1730 g/mol. The maximum atomic E-state index is 13.2. The summed E-state index contributed by atoms with van der Waals surface area (Å²) in [5.74, 6) is 9.51. The number of rotatable bonds is 14. The van der Waals surface area contributed by atoms with Gasteiger partial charge in [-0.05, 0) is 175 Å². The molecule has 16 aromatic rings. The van der Waals surface area contributed by atoms with E-state index in [0.717, 1.165) is 91.9 Å². The average Bonchev–Trinajstić information content (AvgIpc) is 1.71. The van der Waals surface area contributed by atoms with Crippen LogP contribution in [0.3, 0.4) is 0 Å².